The second-order valence-corrected chi connectivity index (χ2v) is 13.1. The highest BCUT2D eigenvalue weighted by atomic mass is 32.1. The summed E-state index contributed by atoms with van der Waals surface area (Å²) in [6.45, 7) is 0. The summed E-state index contributed by atoms with van der Waals surface area (Å²) in [7, 11) is 0. The number of thiophene rings is 1. The molecule has 0 spiro atoms. The number of hydrogen-bond donors (Lipinski definition) is 0. The van der Waals surface area contributed by atoms with Gasteiger partial charge in [-0.15, -0.1) is 11.3 Å². The van der Waals surface area contributed by atoms with Crippen LogP contribution >= 0.6 is 11.3 Å². The summed E-state index contributed by atoms with van der Waals surface area (Å²) >= 11 is 1.67. The lowest BCUT2D eigenvalue weighted by atomic mass is 9.95. The molecular formula is C45H27N3OS. The Labute approximate surface area is 299 Å². The van der Waals surface area contributed by atoms with E-state index in [9.17, 15) is 0 Å². The van der Waals surface area contributed by atoms with Crippen LogP contribution in [0.4, 0.5) is 0 Å². The lowest BCUT2D eigenvalue weighted by Gasteiger charge is -2.09. The van der Waals surface area contributed by atoms with Crippen molar-refractivity contribution in [3.8, 4) is 56.4 Å². The van der Waals surface area contributed by atoms with Crippen molar-refractivity contribution >= 4 is 53.4 Å². The summed E-state index contributed by atoms with van der Waals surface area (Å²) in [5.74, 6) is 1.70. The van der Waals surface area contributed by atoms with E-state index < -0.39 is 6.04 Å². The molecule has 10 aromatic rings. The number of aromatic nitrogens is 3. The molecule has 0 unspecified atom stereocenters. The lowest BCUT2D eigenvalue weighted by Crippen LogP contribution is -2.00. The fourth-order valence-electron chi connectivity index (χ4n) is 6.60. The minimum absolute atomic E-state index is 0.172. The molecule has 0 atom stereocenters. The van der Waals surface area contributed by atoms with Gasteiger partial charge >= 0.3 is 0 Å². The smallest absolute Gasteiger partial charge is 0.164 e. The molecule has 0 saturated carbocycles. The number of fused-ring (bicyclic) bond motifs is 6. The van der Waals surface area contributed by atoms with Crippen molar-refractivity contribution < 1.29 is 11.3 Å². The Morgan fingerprint density at radius 2 is 1.02 bits per heavy atom. The Morgan fingerprint density at radius 3 is 1.70 bits per heavy atom. The van der Waals surface area contributed by atoms with Crippen LogP contribution in [0.5, 0.6) is 0 Å². The highest BCUT2D eigenvalue weighted by Crippen LogP contribution is 2.44. The van der Waals surface area contributed by atoms with Gasteiger partial charge in [-0.2, -0.15) is 0 Å². The number of furan rings is 1. The van der Waals surface area contributed by atoms with Crippen LogP contribution in [0, 0.1) is 0 Å². The fourth-order valence-corrected chi connectivity index (χ4v) is 7.82. The van der Waals surface area contributed by atoms with Crippen molar-refractivity contribution in [1.29, 1.82) is 0 Å². The molecule has 234 valence electrons. The quantitative estimate of drug-likeness (QED) is 0.184. The summed E-state index contributed by atoms with van der Waals surface area (Å²) in [6.07, 6.45) is 0. The van der Waals surface area contributed by atoms with Gasteiger partial charge in [-0.25, -0.2) is 15.0 Å². The topological polar surface area (TPSA) is 51.8 Å². The van der Waals surface area contributed by atoms with Gasteiger partial charge in [0.1, 0.15) is 11.2 Å². The molecule has 7 aromatic carbocycles. The van der Waals surface area contributed by atoms with Gasteiger partial charge in [-0.05, 0) is 59.2 Å². The highest BCUT2D eigenvalue weighted by Gasteiger charge is 2.17. The molecule has 0 radical (unpaired) electrons. The molecule has 0 saturated heterocycles. The van der Waals surface area contributed by atoms with Crippen LogP contribution in [-0.2, 0) is 0 Å². The fraction of sp³-hybridized carbons (Fsp3) is 0. The molecule has 50 heavy (non-hydrogen) atoms. The predicted octanol–water partition coefficient (Wildman–Crippen LogP) is 12.5. The summed E-state index contributed by atoms with van der Waals surface area (Å²) in [6, 6.07) is 42.3. The van der Waals surface area contributed by atoms with Crippen LogP contribution < -0.4 is 0 Å². The van der Waals surface area contributed by atoms with Crippen LogP contribution in [0.25, 0.3) is 98.5 Å². The maximum absolute atomic E-state index is 8.74. The van der Waals surface area contributed by atoms with Crippen molar-refractivity contribution in [3.63, 3.8) is 0 Å². The molecule has 3 heterocycles. The predicted molar refractivity (Wildman–Crippen MR) is 207 cm³/mol. The SMILES string of the molecule is [2H]c1c([2H])c([2H])c(-c2cc(-c3ccc4c(c3)oc3cc(-c5nc(-c6ccccc6)nc(-c6ccccc6)n5)ccc34)c3sc4ccccc4c3c2)c([2H])c1[2H]. The summed E-state index contributed by atoms with van der Waals surface area (Å²) in [5, 5.41) is 3.90. The maximum Gasteiger partial charge on any atom is 0.164 e. The first-order chi connectivity index (χ1) is 26.8. The van der Waals surface area contributed by atoms with Crippen molar-refractivity contribution in [2.75, 3.05) is 0 Å². The monoisotopic (exact) mass is 662 g/mol. The van der Waals surface area contributed by atoms with Crippen LogP contribution in [-0.4, -0.2) is 15.0 Å². The van der Waals surface area contributed by atoms with E-state index in [2.05, 4.69) is 24.3 Å². The summed E-state index contributed by atoms with van der Waals surface area (Å²) in [5.41, 5.74) is 6.45. The molecule has 5 heteroatoms. The zero-order chi connectivity index (χ0) is 37.4. The van der Waals surface area contributed by atoms with Crippen LogP contribution in [0.15, 0.2) is 168 Å². The number of rotatable bonds is 5. The van der Waals surface area contributed by atoms with Crippen molar-refractivity contribution in [2.24, 2.45) is 0 Å². The third kappa shape index (κ3) is 4.87. The highest BCUT2D eigenvalue weighted by molar-refractivity contribution is 7.26. The molecule has 0 fully saturated rings. The molecular weight excluding hydrogens is 631 g/mol. The molecule has 0 amide bonds. The van der Waals surface area contributed by atoms with E-state index >= 15 is 0 Å². The van der Waals surface area contributed by atoms with E-state index in [0.717, 1.165) is 58.8 Å². The Kier molecular flexibility index (Phi) is 5.54. The molecule has 0 aliphatic heterocycles. The van der Waals surface area contributed by atoms with E-state index in [4.69, 9.17) is 26.2 Å². The average molecular weight is 663 g/mol. The first kappa shape index (κ1) is 23.8. The van der Waals surface area contributed by atoms with Gasteiger partial charge in [0.15, 0.2) is 17.5 Å². The summed E-state index contributed by atoms with van der Waals surface area (Å²) < 4.78 is 51.0. The second kappa shape index (κ2) is 11.6. The molecule has 0 aliphatic carbocycles. The van der Waals surface area contributed by atoms with Crippen molar-refractivity contribution in [1.82, 2.24) is 15.0 Å². The van der Waals surface area contributed by atoms with Gasteiger partial charge < -0.3 is 4.42 Å². The van der Waals surface area contributed by atoms with E-state index in [0.29, 0.717) is 34.2 Å². The zero-order valence-electron chi connectivity index (χ0n) is 31.4. The van der Waals surface area contributed by atoms with Gasteiger partial charge in [0.2, 0.25) is 0 Å². The number of benzene rings is 7. The average Bonchev–Trinajstić information content (AvgIpc) is 3.80. The van der Waals surface area contributed by atoms with Crippen molar-refractivity contribution in [2.45, 2.75) is 0 Å². The van der Waals surface area contributed by atoms with E-state index in [-0.39, 0.29) is 29.7 Å². The molecule has 0 aliphatic rings. The van der Waals surface area contributed by atoms with E-state index in [1.54, 1.807) is 11.3 Å². The first-order valence-electron chi connectivity index (χ1n) is 18.7. The Balaban J connectivity index is 1.13. The van der Waals surface area contributed by atoms with E-state index in [1.165, 1.54) is 0 Å². The Bertz CT molecular complexity index is 3080. The van der Waals surface area contributed by atoms with Gasteiger partial charge in [0, 0.05) is 53.2 Å². The number of nitrogens with zero attached hydrogens (tertiary/aromatic N) is 3. The molecule has 0 N–H and O–H groups in total. The standard InChI is InChI=1S/C45H27N3OS/c1-4-12-28(13-5-1)33-24-37(42-38(25-33)36-18-10-11-19-41(36)50-42)31-20-22-34-35-23-21-32(27-40(35)49-39(34)26-31)45-47-43(29-14-6-2-7-15-29)46-44(48-45)30-16-8-3-9-17-30/h1-27H/i1D,4D,5D,12D,13D. The summed E-state index contributed by atoms with van der Waals surface area (Å²) in [4.78, 5) is 14.6. The van der Waals surface area contributed by atoms with Crippen LogP contribution in [0.1, 0.15) is 6.85 Å². The Morgan fingerprint density at radius 1 is 0.440 bits per heavy atom. The van der Waals surface area contributed by atoms with Crippen LogP contribution in [0.2, 0.25) is 0 Å². The third-order valence-corrected chi connectivity index (χ3v) is 10.2. The molecule has 10 rings (SSSR count). The second-order valence-electron chi connectivity index (χ2n) is 12.1. The Hall–Kier alpha value is -6.43. The molecule has 0 bridgehead atoms. The molecule has 4 nitrogen and oxygen atoms in total. The third-order valence-electron chi connectivity index (χ3n) is 9.01. The van der Waals surface area contributed by atoms with Gasteiger partial charge in [-0.3, -0.25) is 0 Å². The first-order valence-corrected chi connectivity index (χ1v) is 17.0. The van der Waals surface area contributed by atoms with Gasteiger partial charge in [0.25, 0.3) is 0 Å². The lowest BCUT2D eigenvalue weighted by molar-refractivity contribution is 0.669. The minimum Gasteiger partial charge on any atom is -0.456 e. The number of hydrogen-bond acceptors (Lipinski definition) is 5. The zero-order valence-corrected chi connectivity index (χ0v) is 27.2. The molecule has 3 aromatic heterocycles. The maximum atomic E-state index is 8.74. The van der Waals surface area contributed by atoms with Gasteiger partial charge in [0.05, 0.1) is 6.85 Å². The van der Waals surface area contributed by atoms with Crippen molar-refractivity contribution in [3.05, 3.63) is 164 Å². The van der Waals surface area contributed by atoms with Crippen LogP contribution in [0.3, 0.4) is 0 Å². The minimum atomic E-state index is -0.414. The normalized spacial score (nSPS) is 13.0. The largest absolute Gasteiger partial charge is 0.456 e. The van der Waals surface area contributed by atoms with Gasteiger partial charge in [-0.1, -0.05) is 121 Å². The van der Waals surface area contributed by atoms with E-state index in [1.807, 2.05) is 109 Å².